The van der Waals surface area contributed by atoms with Gasteiger partial charge in [-0.2, -0.15) is 0 Å². The summed E-state index contributed by atoms with van der Waals surface area (Å²) in [6, 6.07) is 0. The first kappa shape index (κ1) is 14.1. The van der Waals surface area contributed by atoms with Crippen LogP contribution in [0.25, 0.3) is 0 Å². The molecule has 0 spiro atoms. The van der Waals surface area contributed by atoms with Crippen LogP contribution in [0.1, 0.15) is 19.8 Å². The lowest BCUT2D eigenvalue weighted by molar-refractivity contribution is 0.159. The third-order valence-corrected chi connectivity index (χ3v) is 1.72. The second kappa shape index (κ2) is 11.2. The van der Waals surface area contributed by atoms with E-state index < -0.39 is 5.83 Å². The first-order valence-electron chi connectivity index (χ1n) is 5.33. The normalized spacial score (nSPS) is 12.5. The molecule has 88 valence electrons. The first-order valence-corrected chi connectivity index (χ1v) is 5.33. The molecule has 0 bridgehead atoms. The Bertz CT molecular complexity index is 193. The Morgan fingerprint density at radius 3 is 2.93 bits per heavy atom. The van der Waals surface area contributed by atoms with Crippen LogP contribution in [-0.2, 0) is 4.74 Å². The molecular formula is C11H21FN2O. The smallest absolute Gasteiger partial charge is 0.138 e. The zero-order valence-electron chi connectivity index (χ0n) is 9.34. The van der Waals surface area contributed by atoms with Gasteiger partial charge in [-0.25, -0.2) is 4.39 Å². The lowest BCUT2D eigenvalue weighted by Crippen LogP contribution is -2.17. The van der Waals surface area contributed by atoms with Gasteiger partial charge in [0.15, 0.2) is 0 Å². The molecule has 0 amide bonds. The van der Waals surface area contributed by atoms with E-state index in [-0.39, 0.29) is 0 Å². The van der Waals surface area contributed by atoms with Crippen molar-refractivity contribution < 1.29 is 9.13 Å². The van der Waals surface area contributed by atoms with Gasteiger partial charge in [-0.1, -0.05) is 13.0 Å². The summed E-state index contributed by atoms with van der Waals surface area (Å²) >= 11 is 0. The molecule has 0 aromatic heterocycles. The van der Waals surface area contributed by atoms with E-state index in [1.807, 2.05) is 0 Å². The Kier molecular flexibility index (Phi) is 10.6. The largest absolute Gasteiger partial charge is 0.402 e. The number of hydrogen-bond donors (Lipinski definition) is 2. The maximum Gasteiger partial charge on any atom is 0.138 e. The van der Waals surface area contributed by atoms with Gasteiger partial charge in [0.05, 0.1) is 6.61 Å². The molecule has 0 aliphatic rings. The van der Waals surface area contributed by atoms with Crippen LogP contribution in [0.2, 0.25) is 0 Å². The molecule has 0 radical (unpaired) electrons. The second-order valence-corrected chi connectivity index (χ2v) is 3.13. The molecule has 3 nitrogen and oxygen atoms in total. The van der Waals surface area contributed by atoms with Crippen molar-refractivity contribution in [3.8, 4) is 0 Å². The summed E-state index contributed by atoms with van der Waals surface area (Å²) in [5.74, 6) is -0.441. The Morgan fingerprint density at radius 2 is 2.27 bits per heavy atom. The highest BCUT2D eigenvalue weighted by atomic mass is 19.1. The van der Waals surface area contributed by atoms with E-state index >= 15 is 0 Å². The average molecular weight is 216 g/mol. The lowest BCUT2D eigenvalue weighted by Gasteiger charge is -2.02. The third-order valence-electron chi connectivity index (χ3n) is 1.72. The van der Waals surface area contributed by atoms with E-state index in [0.717, 1.165) is 32.1 Å². The van der Waals surface area contributed by atoms with Crippen LogP contribution in [0.3, 0.4) is 0 Å². The van der Waals surface area contributed by atoms with E-state index in [1.54, 1.807) is 6.08 Å². The molecule has 0 aliphatic heterocycles. The summed E-state index contributed by atoms with van der Waals surface area (Å²) in [6.07, 6.45) is 5.95. The fourth-order valence-electron chi connectivity index (χ4n) is 0.969. The average Bonchev–Trinajstić information content (AvgIpc) is 2.26. The lowest BCUT2D eigenvalue weighted by atomic mass is 10.4. The predicted molar refractivity (Wildman–Crippen MR) is 61.1 cm³/mol. The SMILES string of the molecule is CCCNCCCOC/C=C\C(F)=C/N. The van der Waals surface area contributed by atoms with Gasteiger partial charge in [0.1, 0.15) is 5.83 Å². The minimum atomic E-state index is -0.441. The fraction of sp³-hybridized carbons (Fsp3) is 0.636. The quantitative estimate of drug-likeness (QED) is 0.455. The van der Waals surface area contributed by atoms with Crippen LogP contribution in [0.4, 0.5) is 4.39 Å². The molecule has 0 aliphatic carbocycles. The third kappa shape index (κ3) is 11.1. The van der Waals surface area contributed by atoms with Gasteiger partial charge < -0.3 is 15.8 Å². The molecule has 0 unspecified atom stereocenters. The van der Waals surface area contributed by atoms with Crippen molar-refractivity contribution in [2.24, 2.45) is 5.73 Å². The van der Waals surface area contributed by atoms with Crippen LogP contribution in [0.5, 0.6) is 0 Å². The highest BCUT2D eigenvalue weighted by Gasteiger charge is 1.88. The first-order chi connectivity index (χ1) is 7.31. The molecule has 0 rings (SSSR count). The summed E-state index contributed by atoms with van der Waals surface area (Å²) in [5.41, 5.74) is 4.94. The van der Waals surface area contributed by atoms with Crippen molar-refractivity contribution in [3.63, 3.8) is 0 Å². The van der Waals surface area contributed by atoms with Crippen molar-refractivity contribution in [2.45, 2.75) is 19.8 Å². The van der Waals surface area contributed by atoms with Crippen molar-refractivity contribution in [1.29, 1.82) is 0 Å². The summed E-state index contributed by atoms with van der Waals surface area (Å²) in [7, 11) is 0. The van der Waals surface area contributed by atoms with Crippen LogP contribution in [-0.4, -0.2) is 26.3 Å². The van der Waals surface area contributed by atoms with Crippen molar-refractivity contribution in [1.82, 2.24) is 5.32 Å². The number of allylic oxidation sites excluding steroid dienone is 2. The van der Waals surface area contributed by atoms with E-state index in [0.29, 0.717) is 13.2 Å². The monoisotopic (exact) mass is 216 g/mol. The molecule has 0 heterocycles. The number of nitrogens with one attached hydrogen (secondary N) is 1. The van der Waals surface area contributed by atoms with Gasteiger partial charge in [0, 0.05) is 12.8 Å². The minimum absolute atomic E-state index is 0.426. The Labute approximate surface area is 91.2 Å². The van der Waals surface area contributed by atoms with Gasteiger partial charge in [0.25, 0.3) is 0 Å². The maximum absolute atomic E-state index is 12.4. The van der Waals surface area contributed by atoms with Crippen molar-refractivity contribution in [2.75, 3.05) is 26.3 Å². The van der Waals surface area contributed by atoms with Gasteiger partial charge in [-0.3, -0.25) is 0 Å². The standard InChI is InChI=1S/C11H21FN2O/c1-2-6-14-7-4-9-15-8-3-5-11(12)10-13/h3,5,10,14H,2,4,6-9,13H2,1H3/b5-3-,11-10+. The number of nitrogens with two attached hydrogens (primary N) is 1. The molecule has 15 heavy (non-hydrogen) atoms. The maximum atomic E-state index is 12.4. The van der Waals surface area contributed by atoms with Gasteiger partial charge in [-0.15, -0.1) is 0 Å². The summed E-state index contributed by atoms with van der Waals surface area (Å²) < 4.78 is 17.7. The highest BCUT2D eigenvalue weighted by Crippen LogP contribution is 1.94. The van der Waals surface area contributed by atoms with Gasteiger partial charge in [-0.05, 0) is 32.0 Å². The molecule has 0 saturated heterocycles. The number of ether oxygens (including phenoxy) is 1. The molecule has 0 atom stereocenters. The zero-order valence-corrected chi connectivity index (χ0v) is 9.34. The van der Waals surface area contributed by atoms with Gasteiger partial charge in [0.2, 0.25) is 0 Å². The minimum Gasteiger partial charge on any atom is -0.402 e. The molecule has 0 fully saturated rings. The molecule has 0 aromatic rings. The summed E-state index contributed by atoms with van der Waals surface area (Å²) in [5, 5.41) is 3.27. The number of halogens is 1. The fourth-order valence-corrected chi connectivity index (χ4v) is 0.969. The van der Waals surface area contributed by atoms with Crippen LogP contribution in [0, 0.1) is 0 Å². The Hall–Kier alpha value is -0.870. The Morgan fingerprint density at radius 1 is 1.47 bits per heavy atom. The van der Waals surface area contributed by atoms with E-state index in [1.165, 1.54) is 6.08 Å². The van der Waals surface area contributed by atoms with E-state index in [2.05, 4.69) is 12.2 Å². The van der Waals surface area contributed by atoms with Crippen LogP contribution >= 0.6 is 0 Å². The molecule has 3 N–H and O–H groups in total. The van der Waals surface area contributed by atoms with Crippen LogP contribution < -0.4 is 11.1 Å². The summed E-state index contributed by atoms with van der Waals surface area (Å²) in [4.78, 5) is 0. The highest BCUT2D eigenvalue weighted by molar-refractivity contribution is 5.08. The summed E-state index contributed by atoms with van der Waals surface area (Å²) in [6.45, 7) is 5.26. The van der Waals surface area contributed by atoms with Gasteiger partial charge >= 0.3 is 0 Å². The van der Waals surface area contributed by atoms with Crippen molar-refractivity contribution >= 4 is 0 Å². The van der Waals surface area contributed by atoms with Crippen molar-refractivity contribution in [3.05, 3.63) is 24.2 Å². The van der Waals surface area contributed by atoms with E-state index in [9.17, 15) is 4.39 Å². The Balaban J connectivity index is 3.14. The molecule has 0 aromatic carbocycles. The second-order valence-electron chi connectivity index (χ2n) is 3.13. The molecule has 4 heteroatoms. The molecular weight excluding hydrogens is 195 g/mol. The van der Waals surface area contributed by atoms with Crippen LogP contribution in [0.15, 0.2) is 24.2 Å². The molecule has 0 saturated carbocycles. The predicted octanol–water partition coefficient (Wildman–Crippen LogP) is 1.72. The number of rotatable bonds is 9. The zero-order chi connectivity index (χ0) is 11.4. The topological polar surface area (TPSA) is 47.3 Å². The number of hydrogen-bond acceptors (Lipinski definition) is 3. The van der Waals surface area contributed by atoms with E-state index in [4.69, 9.17) is 10.5 Å².